The number of hydrogen-bond donors (Lipinski definition) is 1. The maximum absolute atomic E-state index is 12.6. The van der Waals surface area contributed by atoms with Gasteiger partial charge in [0.1, 0.15) is 5.75 Å². The molecule has 11 nitrogen and oxygen atoms in total. The first-order valence-corrected chi connectivity index (χ1v) is 11.7. The number of anilines is 1. The molecule has 35 heavy (non-hydrogen) atoms. The number of thioether (sulfide) groups is 1. The van der Waals surface area contributed by atoms with Crippen LogP contribution < -0.4 is 19.5 Å². The van der Waals surface area contributed by atoms with Gasteiger partial charge in [-0.2, -0.15) is 0 Å². The number of non-ortho nitro benzene ring substituents is 1. The van der Waals surface area contributed by atoms with Crippen LogP contribution in [-0.2, 0) is 4.79 Å². The number of para-hydroxylation sites is 2. The molecule has 186 valence electrons. The van der Waals surface area contributed by atoms with E-state index in [1.54, 1.807) is 7.11 Å². The average molecular weight is 502 g/mol. The summed E-state index contributed by atoms with van der Waals surface area (Å²) in [5.41, 5.74) is 0.0686. The third-order valence-corrected chi connectivity index (χ3v) is 5.89. The molecule has 0 aliphatic rings. The lowest BCUT2D eigenvalue weighted by Gasteiger charge is -2.19. The largest absolute Gasteiger partial charge is 0.495 e. The predicted molar refractivity (Wildman–Crippen MR) is 131 cm³/mol. The van der Waals surface area contributed by atoms with Gasteiger partial charge in [0.15, 0.2) is 28.6 Å². The summed E-state index contributed by atoms with van der Waals surface area (Å²) in [5, 5.41) is 22.9. The lowest BCUT2D eigenvalue weighted by atomic mass is 10.2. The number of ether oxygens (including phenoxy) is 3. The first-order valence-electron chi connectivity index (χ1n) is 10.7. The second kappa shape index (κ2) is 11.6. The maximum atomic E-state index is 12.6. The zero-order chi connectivity index (χ0) is 25.5. The number of benzene rings is 2. The number of carbonyl (C=O) groups excluding carboxylic acids is 1. The van der Waals surface area contributed by atoms with Gasteiger partial charge in [-0.1, -0.05) is 23.9 Å². The normalized spacial score (nSPS) is 11.7. The van der Waals surface area contributed by atoms with Gasteiger partial charge in [0, 0.05) is 18.2 Å². The summed E-state index contributed by atoms with van der Waals surface area (Å²) in [6.45, 7) is 5.84. The number of nitro groups is 1. The number of nitrogens with zero attached hydrogens (tertiary/aromatic N) is 4. The Balaban J connectivity index is 1.73. The summed E-state index contributed by atoms with van der Waals surface area (Å²) in [6.07, 6.45) is -0.432. The van der Waals surface area contributed by atoms with E-state index in [0.717, 1.165) is 0 Å². The molecule has 0 spiro atoms. The molecule has 0 saturated heterocycles. The van der Waals surface area contributed by atoms with Gasteiger partial charge in [-0.25, -0.2) is 0 Å². The van der Waals surface area contributed by atoms with Crippen LogP contribution in [0, 0.1) is 10.1 Å². The highest BCUT2D eigenvalue weighted by molar-refractivity contribution is 7.99. The molecule has 1 unspecified atom stereocenters. The summed E-state index contributed by atoms with van der Waals surface area (Å²) in [7, 11) is 3.00. The van der Waals surface area contributed by atoms with E-state index in [1.165, 1.54) is 37.1 Å². The second-order valence-electron chi connectivity index (χ2n) is 7.69. The molecule has 1 aromatic heterocycles. The highest BCUT2D eigenvalue weighted by Crippen LogP contribution is 2.33. The van der Waals surface area contributed by atoms with E-state index in [4.69, 9.17) is 14.2 Å². The lowest BCUT2D eigenvalue weighted by Crippen LogP contribution is -2.17. The van der Waals surface area contributed by atoms with Gasteiger partial charge in [-0.3, -0.25) is 14.9 Å². The van der Waals surface area contributed by atoms with Gasteiger partial charge in [-0.05, 0) is 39.0 Å². The number of nitro benzene ring substituents is 1. The monoisotopic (exact) mass is 501 g/mol. The highest BCUT2D eigenvalue weighted by Gasteiger charge is 2.23. The first-order chi connectivity index (χ1) is 16.7. The molecule has 1 N–H and O–H groups in total. The molecule has 0 aliphatic carbocycles. The van der Waals surface area contributed by atoms with Crippen LogP contribution in [0.4, 0.5) is 11.4 Å². The molecule has 0 bridgehead atoms. The van der Waals surface area contributed by atoms with Crippen molar-refractivity contribution in [2.24, 2.45) is 0 Å². The van der Waals surface area contributed by atoms with Crippen molar-refractivity contribution in [2.45, 2.75) is 38.1 Å². The Bertz CT molecular complexity index is 1200. The van der Waals surface area contributed by atoms with Crippen LogP contribution >= 0.6 is 11.8 Å². The quantitative estimate of drug-likeness (QED) is 0.226. The van der Waals surface area contributed by atoms with Crippen LogP contribution in [0.5, 0.6) is 17.2 Å². The maximum Gasteiger partial charge on any atom is 0.271 e. The summed E-state index contributed by atoms with van der Waals surface area (Å²) < 4.78 is 18.5. The number of carbonyl (C=O) groups is 1. The van der Waals surface area contributed by atoms with Crippen molar-refractivity contribution in [1.29, 1.82) is 0 Å². The first kappa shape index (κ1) is 25.8. The van der Waals surface area contributed by atoms with Crippen LogP contribution in [0.15, 0.2) is 47.6 Å². The third kappa shape index (κ3) is 6.21. The summed E-state index contributed by atoms with van der Waals surface area (Å²) in [6, 6.07) is 11.3. The number of aromatic nitrogens is 3. The highest BCUT2D eigenvalue weighted by atomic mass is 32.2. The Kier molecular flexibility index (Phi) is 8.53. The lowest BCUT2D eigenvalue weighted by molar-refractivity contribution is -0.384. The summed E-state index contributed by atoms with van der Waals surface area (Å²) >= 11 is 1.20. The Hall–Kier alpha value is -3.80. The van der Waals surface area contributed by atoms with Crippen LogP contribution in [-0.4, -0.2) is 45.6 Å². The van der Waals surface area contributed by atoms with Crippen molar-refractivity contribution in [2.75, 3.05) is 25.3 Å². The van der Waals surface area contributed by atoms with Gasteiger partial charge < -0.3 is 24.1 Å². The molecule has 12 heteroatoms. The molecule has 1 amide bonds. The minimum absolute atomic E-state index is 0.00569. The van der Waals surface area contributed by atoms with E-state index >= 15 is 0 Å². The number of amides is 1. The molecule has 0 fully saturated rings. The average Bonchev–Trinajstić information content (AvgIpc) is 3.27. The zero-order valence-electron chi connectivity index (χ0n) is 20.0. The van der Waals surface area contributed by atoms with E-state index in [2.05, 4.69) is 15.5 Å². The number of rotatable bonds is 11. The van der Waals surface area contributed by atoms with E-state index in [0.29, 0.717) is 28.2 Å². The minimum Gasteiger partial charge on any atom is -0.495 e. The Morgan fingerprint density at radius 2 is 1.77 bits per heavy atom. The van der Waals surface area contributed by atoms with Crippen LogP contribution in [0.2, 0.25) is 0 Å². The predicted octanol–water partition coefficient (Wildman–Crippen LogP) is 4.66. The van der Waals surface area contributed by atoms with Crippen molar-refractivity contribution in [3.63, 3.8) is 0 Å². The fourth-order valence-corrected chi connectivity index (χ4v) is 4.21. The number of hydrogen-bond acceptors (Lipinski definition) is 9. The van der Waals surface area contributed by atoms with Gasteiger partial charge in [-0.15, -0.1) is 10.2 Å². The molecule has 0 radical (unpaired) electrons. The van der Waals surface area contributed by atoms with Crippen molar-refractivity contribution >= 4 is 29.0 Å². The van der Waals surface area contributed by atoms with E-state index in [9.17, 15) is 14.9 Å². The Labute approximate surface area is 206 Å². The van der Waals surface area contributed by atoms with Crippen molar-refractivity contribution < 1.29 is 23.9 Å². The van der Waals surface area contributed by atoms with E-state index in [1.807, 2.05) is 49.6 Å². The Morgan fingerprint density at radius 3 is 2.40 bits per heavy atom. The smallest absolute Gasteiger partial charge is 0.271 e. The molecule has 1 atom stereocenters. The van der Waals surface area contributed by atoms with E-state index < -0.39 is 11.0 Å². The molecule has 0 saturated carbocycles. The second-order valence-corrected chi connectivity index (χ2v) is 8.64. The van der Waals surface area contributed by atoms with Crippen molar-refractivity contribution in [3.8, 4) is 17.2 Å². The topological polar surface area (TPSA) is 131 Å². The van der Waals surface area contributed by atoms with Crippen LogP contribution in [0.1, 0.15) is 38.7 Å². The molecular weight excluding hydrogens is 474 g/mol. The summed E-state index contributed by atoms with van der Waals surface area (Å²) in [4.78, 5) is 23.2. The number of methoxy groups -OCH3 is 2. The standard InChI is InChI=1S/C23H27N5O6S/c1-14(2)27-22(15(3)34-20-9-7-6-8-19(20)33-5)25-26-23(27)35-13-21(29)24-17-12-16(28(30)31)10-11-18(17)32-4/h6-12,14-15H,13H2,1-5H3,(H,24,29). The summed E-state index contributed by atoms with van der Waals surface area (Å²) in [5.74, 6) is 1.77. The van der Waals surface area contributed by atoms with Gasteiger partial charge in [0.2, 0.25) is 5.91 Å². The molecule has 1 heterocycles. The molecule has 2 aromatic carbocycles. The van der Waals surface area contributed by atoms with E-state index in [-0.39, 0.29) is 29.1 Å². The molecule has 0 aliphatic heterocycles. The molecule has 3 aromatic rings. The fourth-order valence-electron chi connectivity index (χ4n) is 3.33. The Morgan fingerprint density at radius 1 is 1.09 bits per heavy atom. The zero-order valence-corrected chi connectivity index (χ0v) is 20.9. The van der Waals surface area contributed by atoms with Crippen molar-refractivity contribution in [1.82, 2.24) is 14.8 Å². The van der Waals surface area contributed by atoms with Gasteiger partial charge in [0.05, 0.1) is 30.6 Å². The molecule has 3 rings (SSSR count). The number of nitrogens with one attached hydrogen (secondary N) is 1. The third-order valence-electron chi connectivity index (χ3n) is 4.94. The molecular formula is C23H27N5O6S. The van der Waals surface area contributed by atoms with Crippen molar-refractivity contribution in [3.05, 3.63) is 58.4 Å². The SMILES string of the molecule is COc1ccc([N+](=O)[O-])cc1NC(=O)CSc1nnc(C(C)Oc2ccccc2OC)n1C(C)C. The van der Waals surface area contributed by atoms with Crippen LogP contribution in [0.3, 0.4) is 0 Å². The van der Waals surface area contributed by atoms with Gasteiger partial charge in [0.25, 0.3) is 5.69 Å². The fraction of sp³-hybridized carbons (Fsp3) is 0.348. The van der Waals surface area contributed by atoms with Crippen LogP contribution in [0.25, 0.3) is 0 Å². The van der Waals surface area contributed by atoms with Gasteiger partial charge >= 0.3 is 0 Å². The minimum atomic E-state index is -0.537.